The zero-order valence-electron chi connectivity index (χ0n) is 10.8. The van der Waals surface area contributed by atoms with Gasteiger partial charge in [-0.15, -0.1) is 23.1 Å². The molecule has 0 unspecified atom stereocenters. The highest BCUT2D eigenvalue weighted by Crippen LogP contribution is 2.36. The van der Waals surface area contributed by atoms with Gasteiger partial charge in [0.25, 0.3) is 0 Å². The second kappa shape index (κ2) is 5.34. The number of carboxylic acids is 1. The first kappa shape index (κ1) is 13.3. The van der Waals surface area contributed by atoms with E-state index in [0.29, 0.717) is 10.6 Å². The van der Waals surface area contributed by atoms with E-state index in [9.17, 15) is 9.90 Å². The molecule has 0 aliphatic heterocycles. The molecule has 0 fully saturated rings. The Labute approximate surface area is 124 Å². The molecule has 5 heteroatoms. The van der Waals surface area contributed by atoms with Crippen molar-refractivity contribution in [1.29, 1.82) is 0 Å². The number of thiophene rings is 1. The first-order valence-corrected chi connectivity index (χ1v) is 7.87. The Balaban J connectivity index is 1.99. The molecule has 20 heavy (non-hydrogen) atoms. The van der Waals surface area contributed by atoms with Gasteiger partial charge in [0, 0.05) is 15.3 Å². The average molecular weight is 304 g/mol. The SMILES string of the molecule is Cc1occc1SCc1c(C(=O)O)sc2ccccc12. The molecule has 3 rings (SSSR count). The van der Waals surface area contributed by atoms with Gasteiger partial charge < -0.3 is 9.52 Å². The second-order valence-corrected chi connectivity index (χ2v) is 6.41. The Kier molecular flexibility index (Phi) is 3.54. The van der Waals surface area contributed by atoms with Gasteiger partial charge in [-0.25, -0.2) is 4.79 Å². The van der Waals surface area contributed by atoms with Crippen LogP contribution in [0.25, 0.3) is 10.1 Å². The van der Waals surface area contributed by atoms with Gasteiger partial charge in [0.1, 0.15) is 10.6 Å². The Morgan fingerprint density at radius 1 is 1.35 bits per heavy atom. The number of furan rings is 1. The van der Waals surface area contributed by atoms with Crippen LogP contribution in [-0.2, 0) is 5.75 Å². The van der Waals surface area contributed by atoms with Gasteiger partial charge in [0.05, 0.1) is 6.26 Å². The number of fused-ring (bicyclic) bond motifs is 1. The number of thioether (sulfide) groups is 1. The minimum absolute atomic E-state index is 0.430. The highest BCUT2D eigenvalue weighted by atomic mass is 32.2. The quantitative estimate of drug-likeness (QED) is 0.704. The summed E-state index contributed by atoms with van der Waals surface area (Å²) in [6, 6.07) is 9.73. The first-order valence-electron chi connectivity index (χ1n) is 6.07. The molecule has 0 aliphatic carbocycles. The monoisotopic (exact) mass is 304 g/mol. The molecule has 1 aromatic carbocycles. The molecule has 0 radical (unpaired) electrons. The Bertz CT molecular complexity index is 770. The maximum absolute atomic E-state index is 11.4. The lowest BCUT2D eigenvalue weighted by atomic mass is 10.1. The molecule has 3 aromatic rings. The van der Waals surface area contributed by atoms with Gasteiger partial charge in [-0.3, -0.25) is 0 Å². The normalized spacial score (nSPS) is 11.1. The molecule has 0 amide bonds. The van der Waals surface area contributed by atoms with Crippen molar-refractivity contribution < 1.29 is 14.3 Å². The van der Waals surface area contributed by atoms with E-state index in [4.69, 9.17) is 4.42 Å². The van der Waals surface area contributed by atoms with Gasteiger partial charge in [0.2, 0.25) is 0 Å². The predicted molar refractivity (Wildman–Crippen MR) is 81.8 cm³/mol. The van der Waals surface area contributed by atoms with Crippen LogP contribution in [0.5, 0.6) is 0 Å². The first-order chi connectivity index (χ1) is 9.66. The standard InChI is InChI=1S/C15H12O3S2/c1-9-12(6-7-18-9)19-8-11-10-4-2-3-5-13(10)20-14(11)15(16)17/h2-7H,8H2,1H3,(H,16,17). The van der Waals surface area contributed by atoms with Gasteiger partial charge in [-0.2, -0.15) is 0 Å². The van der Waals surface area contributed by atoms with Crippen molar-refractivity contribution in [3.05, 3.63) is 52.8 Å². The highest BCUT2D eigenvalue weighted by Gasteiger charge is 2.18. The number of benzene rings is 1. The van der Waals surface area contributed by atoms with E-state index in [1.165, 1.54) is 11.3 Å². The number of rotatable bonds is 4. The average Bonchev–Trinajstić information content (AvgIpc) is 3.00. The van der Waals surface area contributed by atoms with Gasteiger partial charge in [-0.05, 0) is 30.0 Å². The third-order valence-corrected chi connectivity index (χ3v) is 5.44. The fraction of sp³-hybridized carbons (Fsp3) is 0.133. The molecule has 2 aromatic heterocycles. The van der Waals surface area contributed by atoms with Crippen LogP contribution in [0.2, 0.25) is 0 Å². The summed E-state index contributed by atoms with van der Waals surface area (Å²) in [4.78, 5) is 12.9. The van der Waals surface area contributed by atoms with Crippen LogP contribution in [0.1, 0.15) is 21.0 Å². The highest BCUT2D eigenvalue weighted by molar-refractivity contribution is 7.98. The van der Waals surface area contributed by atoms with Crippen LogP contribution in [0, 0.1) is 6.92 Å². The third kappa shape index (κ3) is 2.34. The predicted octanol–water partition coefficient (Wildman–Crippen LogP) is 4.79. The van der Waals surface area contributed by atoms with Gasteiger partial charge >= 0.3 is 5.97 Å². The number of hydrogen-bond acceptors (Lipinski definition) is 4. The van der Waals surface area contributed by atoms with Crippen molar-refractivity contribution in [2.75, 3.05) is 0 Å². The molecule has 0 saturated carbocycles. The third-order valence-electron chi connectivity index (χ3n) is 3.08. The van der Waals surface area contributed by atoms with Crippen LogP contribution < -0.4 is 0 Å². The summed E-state index contributed by atoms with van der Waals surface area (Å²) in [5, 5.41) is 10.4. The Hall–Kier alpha value is -1.72. The van der Waals surface area contributed by atoms with Crippen molar-refractivity contribution in [1.82, 2.24) is 0 Å². The minimum Gasteiger partial charge on any atom is -0.477 e. The van der Waals surface area contributed by atoms with E-state index >= 15 is 0 Å². The maximum atomic E-state index is 11.4. The molecule has 0 atom stereocenters. The lowest BCUT2D eigenvalue weighted by Crippen LogP contribution is -1.96. The lowest BCUT2D eigenvalue weighted by Gasteiger charge is -2.01. The van der Waals surface area contributed by atoms with Crippen molar-refractivity contribution in [3.63, 3.8) is 0 Å². The molecule has 102 valence electrons. The molecule has 0 spiro atoms. The van der Waals surface area contributed by atoms with E-state index < -0.39 is 5.97 Å². The van der Waals surface area contributed by atoms with Gasteiger partial charge in [-0.1, -0.05) is 18.2 Å². The molecule has 0 aliphatic rings. The lowest BCUT2D eigenvalue weighted by molar-refractivity contribution is 0.0701. The summed E-state index contributed by atoms with van der Waals surface area (Å²) in [6.07, 6.45) is 1.65. The number of carboxylic acid groups (broad SMARTS) is 1. The van der Waals surface area contributed by atoms with E-state index in [1.807, 2.05) is 37.3 Å². The summed E-state index contributed by atoms with van der Waals surface area (Å²) in [5.41, 5.74) is 0.892. The zero-order chi connectivity index (χ0) is 14.1. The van der Waals surface area contributed by atoms with E-state index in [1.54, 1.807) is 18.0 Å². The molecule has 0 saturated heterocycles. The van der Waals surface area contributed by atoms with Crippen LogP contribution in [-0.4, -0.2) is 11.1 Å². The summed E-state index contributed by atoms with van der Waals surface area (Å²) < 4.78 is 6.28. The summed E-state index contributed by atoms with van der Waals surface area (Å²) in [7, 11) is 0. The summed E-state index contributed by atoms with van der Waals surface area (Å²) in [6.45, 7) is 1.91. The molecule has 3 nitrogen and oxygen atoms in total. The topological polar surface area (TPSA) is 50.4 Å². The minimum atomic E-state index is -0.856. The molecule has 2 heterocycles. The molecular weight excluding hydrogens is 292 g/mol. The largest absolute Gasteiger partial charge is 0.477 e. The van der Waals surface area contributed by atoms with E-state index in [-0.39, 0.29) is 0 Å². The Morgan fingerprint density at radius 2 is 2.15 bits per heavy atom. The fourth-order valence-electron chi connectivity index (χ4n) is 2.09. The molecular formula is C15H12O3S2. The number of hydrogen-bond donors (Lipinski definition) is 1. The van der Waals surface area contributed by atoms with Crippen LogP contribution in [0.3, 0.4) is 0 Å². The van der Waals surface area contributed by atoms with E-state index in [0.717, 1.165) is 26.3 Å². The number of aryl methyl sites for hydroxylation is 1. The Morgan fingerprint density at radius 3 is 2.85 bits per heavy atom. The van der Waals surface area contributed by atoms with E-state index in [2.05, 4.69) is 0 Å². The van der Waals surface area contributed by atoms with Crippen molar-refractivity contribution in [2.45, 2.75) is 17.6 Å². The molecule has 1 N–H and O–H groups in total. The van der Waals surface area contributed by atoms with Crippen LogP contribution in [0.15, 0.2) is 45.9 Å². The van der Waals surface area contributed by atoms with Gasteiger partial charge in [0.15, 0.2) is 0 Å². The van der Waals surface area contributed by atoms with Crippen molar-refractivity contribution >= 4 is 39.2 Å². The maximum Gasteiger partial charge on any atom is 0.346 e. The number of aromatic carboxylic acids is 1. The fourth-order valence-corrected chi connectivity index (χ4v) is 4.24. The van der Waals surface area contributed by atoms with Crippen LogP contribution in [0.4, 0.5) is 0 Å². The van der Waals surface area contributed by atoms with Crippen molar-refractivity contribution in [2.24, 2.45) is 0 Å². The second-order valence-electron chi connectivity index (χ2n) is 4.34. The zero-order valence-corrected chi connectivity index (χ0v) is 12.4. The van der Waals surface area contributed by atoms with Crippen LogP contribution >= 0.6 is 23.1 Å². The van der Waals surface area contributed by atoms with Crippen molar-refractivity contribution in [3.8, 4) is 0 Å². The smallest absolute Gasteiger partial charge is 0.346 e. The summed E-state index contributed by atoms with van der Waals surface area (Å²) >= 11 is 2.94. The molecule has 0 bridgehead atoms. The summed E-state index contributed by atoms with van der Waals surface area (Å²) in [5.74, 6) is 0.642. The number of carbonyl (C=O) groups is 1.